The van der Waals surface area contributed by atoms with Gasteiger partial charge in [0.05, 0.1) is 11.4 Å². The van der Waals surface area contributed by atoms with Crippen molar-refractivity contribution in [3.05, 3.63) is 58.7 Å². The lowest BCUT2D eigenvalue weighted by molar-refractivity contribution is 0.102. The van der Waals surface area contributed by atoms with Gasteiger partial charge >= 0.3 is 0 Å². The molecule has 0 aliphatic carbocycles. The van der Waals surface area contributed by atoms with Crippen LogP contribution in [0.15, 0.2) is 36.4 Å². The van der Waals surface area contributed by atoms with E-state index in [2.05, 4.69) is 5.32 Å². The zero-order valence-corrected chi connectivity index (χ0v) is 15.5. The molecular formula is C19H22N2O3S. The number of amides is 1. The Morgan fingerprint density at radius 1 is 1.00 bits per heavy atom. The van der Waals surface area contributed by atoms with E-state index in [1.165, 1.54) is 4.31 Å². The predicted molar refractivity (Wildman–Crippen MR) is 101 cm³/mol. The molecule has 2 aromatic carbocycles. The zero-order chi connectivity index (χ0) is 18.2. The van der Waals surface area contributed by atoms with Crippen molar-refractivity contribution >= 4 is 27.3 Å². The van der Waals surface area contributed by atoms with E-state index in [4.69, 9.17) is 0 Å². The van der Waals surface area contributed by atoms with Crippen LogP contribution in [-0.4, -0.2) is 26.6 Å². The Morgan fingerprint density at radius 3 is 2.36 bits per heavy atom. The molecule has 1 N–H and O–H groups in total. The summed E-state index contributed by atoms with van der Waals surface area (Å²) >= 11 is 0. The number of hydrogen-bond acceptors (Lipinski definition) is 3. The fourth-order valence-corrected chi connectivity index (χ4v) is 4.51. The second-order valence-electron chi connectivity index (χ2n) is 6.49. The van der Waals surface area contributed by atoms with E-state index in [1.807, 2.05) is 32.9 Å². The summed E-state index contributed by atoms with van der Waals surface area (Å²) in [4.78, 5) is 12.5. The molecule has 2 aromatic rings. The summed E-state index contributed by atoms with van der Waals surface area (Å²) in [6.45, 7) is 6.35. The molecule has 3 rings (SSSR count). The molecule has 6 heteroatoms. The van der Waals surface area contributed by atoms with Crippen LogP contribution in [0.1, 0.15) is 33.5 Å². The summed E-state index contributed by atoms with van der Waals surface area (Å²) in [5, 5.41) is 2.90. The lowest BCUT2D eigenvalue weighted by Gasteiger charge is -2.18. The Kier molecular flexibility index (Phi) is 4.56. The van der Waals surface area contributed by atoms with E-state index in [-0.39, 0.29) is 11.7 Å². The number of rotatable bonds is 3. The van der Waals surface area contributed by atoms with E-state index in [0.29, 0.717) is 29.9 Å². The van der Waals surface area contributed by atoms with Gasteiger partial charge in [-0.2, -0.15) is 0 Å². The quantitative estimate of drug-likeness (QED) is 0.914. The number of anilines is 2. The molecule has 0 aromatic heterocycles. The van der Waals surface area contributed by atoms with Gasteiger partial charge in [0, 0.05) is 17.8 Å². The maximum Gasteiger partial charge on any atom is 0.255 e. The number of nitrogens with one attached hydrogen (secondary N) is 1. The Hall–Kier alpha value is -2.34. The molecule has 5 nitrogen and oxygen atoms in total. The van der Waals surface area contributed by atoms with Crippen molar-refractivity contribution in [1.82, 2.24) is 0 Å². The Balaban J connectivity index is 1.81. The molecular weight excluding hydrogens is 336 g/mol. The molecule has 0 spiro atoms. The van der Waals surface area contributed by atoms with E-state index >= 15 is 0 Å². The fourth-order valence-electron chi connectivity index (χ4n) is 2.95. The molecule has 0 bridgehead atoms. The number of hydrogen-bond donors (Lipinski definition) is 1. The molecule has 1 saturated heterocycles. The van der Waals surface area contributed by atoms with Gasteiger partial charge in [-0.3, -0.25) is 9.10 Å². The standard InChI is InChI=1S/C19H22N2O3S/c1-13-5-6-16(11-14(13)2)19(22)20-18-8-7-17(12-15(18)3)21-9-4-10-25(21,23)24/h5-8,11-12H,4,9-10H2,1-3H3,(H,20,22). The minimum atomic E-state index is -3.20. The van der Waals surface area contributed by atoms with Crippen LogP contribution in [-0.2, 0) is 10.0 Å². The molecule has 1 aliphatic heterocycles. The first kappa shape index (κ1) is 17.5. The van der Waals surface area contributed by atoms with Gasteiger partial charge in [0.1, 0.15) is 0 Å². The number of nitrogens with zero attached hydrogens (tertiary/aromatic N) is 1. The van der Waals surface area contributed by atoms with Crippen LogP contribution < -0.4 is 9.62 Å². The van der Waals surface area contributed by atoms with Crippen LogP contribution in [0.4, 0.5) is 11.4 Å². The first-order chi connectivity index (χ1) is 11.8. The van der Waals surface area contributed by atoms with Crippen molar-refractivity contribution in [2.24, 2.45) is 0 Å². The Morgan fingerprint density at radius 2 is 1.76 bits per heavy atom. The van der Waals surface area contributed by atoms with Gasteiger partial charge in [-0.05, 0) is 74.2 Å². The number of benzene rings is 2. The van der Waals surface area contributed by atoms with E-state index in [1.54, 1.807) is 24.3 Å². The highest BCUT2D eigenvalue weighted by Gasteiger charge is 2.28. The van der Waals surface area contributed by atoms with Crippen molar-refractivity contribution in [3.63, 3.8) is 0 Å². The lowest BCUT2D eigenvalue weighted by atomic mass is 10.1. The largest absolute Gasteiger partial charge is 0.322 e. The number of aryl methyl sites for hydroxylation is 3. The minimum Gasteiger partial charge on any atom is -0.322 e. The molecule has 25 heavy (non-hydrogen) atoms. The van der Waals surface area contributed by atoms with Crippen LogP contribution in [0.3, 0.4) is 0 Å². The summed E-state index contributed by atoms with van der Waals surface area (Å²) < 4.78 is 25.5. The molecule has 132 valence electrons. The van der Waals surface area contributed by atoms with E-state index in [0.717, 1.165) is 16.7 Å². The van der Waals surface area contributed by atoms with Gasteiger partial charge in [0.2, 0.25) is 10.0 Å². The van der Waals surface area contributed by atoms with Crippen LogP contribution in [0.5, 0.6) is 0 Å². The maximum absolute atomic E-state index is 12.5. The maximum atomic E-state index is 12.5. The minimum absolute atomic E-state index is 0.173. The van der Waals surface area contributed by atoms with Crippen molar-refractivity contribution in [2.45, 2.75) is 27.2 Å². The molecule has 1 fully saturated rings. The normalized spacial score (nSPS) is 16.0. The van der Waals surface area contributed by atoms with Gasteiger partial charge in [0.25, 0.3) is 5.91 Å². The SMILES string of the molecule is Cc1ccc(C(=O)Nc2ccc(N3CCCS3(=O)=O)cc2C)cc1C. The van der Waals surface area contributed by atoms with Crippen molar-refractivity contribution < 1.29 is 13.2 Å². The first-order valence-electron chi connectivity index (χ1n) is 8.27. The number of carbonyl (C=O) groups excluding carboxylic acids is 1. The monoisotopic (exact) mass is 358 g/mol. The summed E-state index contributed by atoms with van der Waals surface area (Å²) in [5.74, 6) is 0.0184. The van der Waals surface area contributed by atoms with Gasteiger partial charge in [-0.1, -0.05) is 6.07 Å². The average Bonchev–Trinajstić information content (AvgIpc) is 2.91. The lowest BCUT2D eigenvalue weighted by Crippen LogP contribution is -2.25. The zero-order valence-electron chi connectivity index (χ0n) is 14.7. The molecule has 1 aliphatic rings. The highest BCUT2D eigenvalue weighted by molar-refractivity contribution is 7.93. The van der Waals surface area contributed by atoms with Crippen LogP contribution in [0.2, 0.25) is 0 Å². The third kappa shape index (κ3) is 3.54. The third-order valence-electron chi connectivity index (χ3n) is 4.61. The molecule has 0 radical (unpaired) electrons. The second-order valence-corrected chi connectivity index (χ2v) is 8.51. The van der Waals surface area contributed by atoms with E-state index < -0.39 is 10.0 Å². The smallest absolute Gasteiger partial charge is 0.255 e. The summed E-state index contributed by atoms with van der Waals surface area (Å²) in [7, 11) is -3.20. The molecule has 0 saturated carbocycles. The van der Waals surface area contributed by atoms with Crippen molar-refractivity contribution in [3.8, 4) is 0 Å². The molecule has 1 amide bonds. The van der Waals surface area contributed by atoms with E-state index in [9.17, 15) is 13.2 Å². The summed E-state index contributed by atoms with van der Waals surface area (Å²) in [6.07, 6.45) is 0.645. The average molecular weight is 358 g/mol. The highest BCUT2D eigenvalue weighted by Crippen LogP contribution is 2.28. The fraction of sp³-hybridized carbons (Fsp3) is 0.316. The Labute approximate surface area is 148 Å². The molecule has 0 atom stereocenters. The Bertz CT molecular complexity index is 936. The third-order valence-corrected chi connectivity index (χ3v) is 6.48. The highest BCUT2D eigenvalue weighted by atomic mass is 32.2. The number of carbonyl (C=O) groups is 1. The predicted octanol–water partition coefficient (Wildman–Crippen LogP) is 3.40. The number of sulfonamides is 1. The molecule has 1 heterocycles. The summed E-state index contributed by atoms with van der Waals surface area (Å²) in [5.41, 5.74) is 4.98. The van der Waals surface area contributed by atoms with Crippen LogP contribution in [0.25, 0.3) is 0 Å². The van der Waals surface area contributed by atoms with Gasteiger partial charge < -0.3 is 5.32 Å². The van der Waals surface area contributed by atoms with Crippen molar-refractivity contribution in [1.29, 1.82) is 0 Å². The first-order valence-corrected chi connectivity index (χ1v) is 9.88. The summed E-state index contributed by atoms with van der Waals surface area (Å²) in [6, 6.07) is 10.9. The van der Waals surface area contributed by atoms with Crippen LogP contribution in [0, 0.1) is 20.8 Å². The van der Waals surface area contributed by atoms with Crippen LogP contribution >= 0.6 is 0 Å². The second kappa shape index (κ2) is 6.52. The van der Waals surface area contributed by atoms with Crippen molar-refractivity contribution in [2.75, 3.05) is 21.9 Å². The topological polar surface area (TPSA) is 66.5 Å². The molecule has 0 unspecified atom stereocenters. The van der Waals surface area contributed by atoms with Gasteiger partial charge in [-0.25, -0.2) is 8.42 Å². The van der Waals surface area contributed by atoms with Gasteiger partial charge in [0.15, 0.2) is 0 Å². The van der Waals surface area contributed by atoms with Gasteiger partial charge in [-0.15, -0.1) is 0 Å².